The van der Waals surface area contributed by atoms with Crippen LogP contribution < -0.4 is 5.32 Å². The van der Waals surface area contributed by atoms with E-state index in [0.29, 0.717) is 13.0 Å². The molecule has 0 spiro atoms. The van der Waals surface area contributed by atoms with Gasteiger partial charge in [-0.15, -0.1) is 0 Å². The van der Waals surface area contributed by atoms with Crippen LogP contribution in [-0.4, -0.2) is 23.5 Å². The van der Waals surface area contributed by atoms with Gasteiger partial charge in [0.15, 0.2) is 5.76 Å². The number of carboxylic acid groups (broad SMARTS) is 1. The first-order valence-electron chi connectivity index (χ1n) is 6.15. The minimum Gasteiger partial charge on any atom is -0.481 e. The number of furan rings is 1. The van der Waals surface area contributed by atoms with Gasteiger partial charge in [-0.3, -0.25) is 9.59 Å². The Morgan fingerprint density at radius 3 is 2.61 bits per heavy atom. The molecular weight excluding hydrogens is 234 g/mol. The first-order valence-corrected chi connectivity index (χ1v) is 6.15. The van der Waals surface area contributed by atoms with Crippen molar-refractivity contribution in [3.8, 4) is 0 Å². The number of hydrogen-bond donors (Lipinski definition) is 2. The molecule has 1 atom stereocenters. The summed E-state index contributed by atoms with van der Waals surface area (Å²) in [5.74, 6) is -0.150. The molecule has 100 valence electrons. The van der Waals surface area contributed by atoms with Crippen molar-refractivity contribution in [1.82, 2.24) is 5.32 Å². The highest BCUT2D eigenvalue weighted by Gasteiger charge is 2.15. The number of aryl methyl sites for hydroxylation is 1. The molecule has 0 fully saturated rings. The van der Waals surface area contributed by atoms with Crippen LogP contribution in [0.4, 0.5) is 0 Å². The zero-order chi connectivity index (χ0) is 13.5. The van der Waals surface area contributed by atoms with E-state index in [0.717, 1.165) is 12.2 Å². The van der Waals surface area contributed by atoms with Crippen molar-refractivity contribution in [1.29, 1.82) is 0 Å². The van der Waals surface area contributed by atoms with Crippen LogP contribution in [0.3, 0.4) is 0 Å². The smallest absolute Gasteiger partial charge is 0.303 e. The van der Waals surface area contributed by atoms with Gasteiger partial charge >= 0.3 is 5.97 Å². The number of rotatable bonds is 7. The van der Waals surface area contributed by atoms with Gasteiger partial charge in [-0.05, 0) is 18.1 Å². The molecule has 5 heteroatoms. The second-order valence-corrected chi connectivity index (χ2v) is 4.20. The van der Waals surface area contributed by atoms with Crippen molar-refractivity contribution in [3.63, 3.8) is 0 Å². The van der Waals surface area contributed by atoms with Gasteiger partial charge in [-0.1, -0.05) is 20.3 Å². The maximum Gasteiger partial charge on any atom is 0.303 e. The van der Waals surface area contributed by atoms with Crippen molar-refractivity contribution >= 4 is 11.9 Å². The van der Waals surface area contributed by atoms with E-state index in [4.69, 9.17) is 9.52 Å². The summed E-state index contributed by atoms with van der Waals surface area (Å²) in [6.45, 7) is 4.20. The summed E-state index contributed by atoms with van der Waals surface area (Å²) < 4.78 is 5.31. The van der Waals surface area contributed by atoms with Crippen LogP contribution in [0.2, 0.25) is 0 Å². The molecule has 2 N–H and O–H groups in total. The van der Waals surface area contributed by atoms with Gasteiger partial charge in [0, 0.05) is 19.4 Å². The Hall–Kier alpha value is -1.78. The van der Waals surface area contributed by atoms with Gasteiger partial charge in [0.25, 0.3) is 5.91 Å². The SMILES string of the molecule is CCc1ccc(C(=O)NCC(CC)CC(=O)O)o1. The Labute approximate surface area is 106 Å². The standard InChI is InChI=1S/C13H19NO4/c1-3-9(7-12(15)16)8-14-13(17)11-6-5-10(4-2)18-11/h5-6,9H,3-4,7-8H2,1-2H3,(H,14,17)(H,15,16). The highest BCUT2D eigenvalue weighted by atomic mass is 16.4. The van der Waals surface area contributed by atoms with Crippen LogP contribution in [0.25, 0.3) is 0 Å². The van der Waals surface area contributed by atoms with E-state index in [1.54, 1.807) is 12.1 Å². The van der Waals surface area contributed by atoms with E-state index >= 15 is 0 Å². The van der Waals surface area contributed by atoms with Crippen LogP contribution in [0, 0.1) is 5.92 Å². The quantitative estimate of drug-likeness (QED) is 0.779. The Balaban J connectivity index is 2.46. The summed E-state index contributed by atoms with van der Waals surface area (Å²) in [6, 6.07) is 3.40. The van der Waals surface area contributed by atoms with E-state index < -0.39 is 5.97 Å². The number of carboxylic acids is 1. The Kier molecular flexibility index (Phi) is 5.42. The van der Waals surface area contributed by atoms with Crippen LogP contribution in [0.1, 0.15) is 43.0 Å². The Morgan fingerprint density at radius 2 is 2.11 bits per heavy atom. The van der Waals surface area contributed by atoms with Gasteiger partial charge in [0.05, 0.1) is 0 Å². The molecule has 5 nitrogen and oxygen atoms in total. The Bertz CT molecular complexity index is 411. The van der Waals surface area contributed by atoms with Crippen LogP contribution in [0.15, 0.2) is 16.5 Å². The molecule has 0 saturated carbocycles. The number of nitrogens with one attached hydrogen (secondary N) is 1. The highest BCUT2D eigenvalue weighted by molar-refractivity contribution is 5.91. The molecule has 18 heavy (non-hydrogen) atoms. The summed E-state index contributed by atoms with van der Waals surface area (Å²) in [7, 11) is 0. The Morgan fingerprint density at radius 1 is 1.39 bits per heavy atom. The molecule has 0 aliphatic rings. The third-order valence-corrected chi connectivity index (χ3v) is 2.83. The summed E-state index contributed by atoms with van der Waals surface area (Å²) in [4.78, 5) is 22.3. The molecular formula is C13H19NO4. The maximum absolute atomic E-state index is 11.7. The number of hydrogen-bond acceptors (Lipinski definition) is 3. The van der Waals surface area contributed by atoms with Gasteiger partial charge in [0.1, 0.15) is 5.76 Å². The molecule has 0 radical (unpaired) electrons. The van der Waals surface area contributed by atoms with Gasteiger partial charge < -0.3 is 14.8 Å². The lowest BCUT2D eigenvalue weighted by Crippen LogP contribution is -2.29. The van der Waals surface area contributed by atoms with Crippen molar-refractivity contribution < 1.29 is 19.1 Å². The molecule has 1 aromatic heterocycles. The average Bonchev–Trinajstić information content (AvgIpc) is 2.82. The molecule has 0 bridgehead atoms. The second kappa shape index (κ2) is 6.83. The van der Waals surface area contributed by atoms with E-state index in [-0.39, 0.29) is 24.0 Å². The van der Waals surface area contributed by atoms with E-state index in [2.05, 4.69) is 5.32 Å². The number of carbonyl (C=O) groups is 2. The normalized spacial score (nSPS) is 12.1. The van der Waals surface area contributed by atoms with Crippen LogP contribution >= 0.6 is 0 Å². The first kappa shape index (κ1) is 14.3. The summed E-state index contributed by atoms with van der Waals surface area (Å²) in [6.07, 6.45) is 1.52. The van der Waals surface area contributed by atoms with Crippen molar-refractivity contribution in [2.45, 2.75) is 33.1 Å². The first-order chi connectivity index (χ1) is 8.56. The van der Waals surface area contributed by atoms with Crippen LogP contribution in [-0.2, 0) is 11.2 Å². The van der Waals surface area contributed by atoms with E-state index in [1.807, 2.05) is 13.8 Å². The zero-order valence-corrected chi connectivity index (χ0v) is 10.7. The number of amides is 1. The summed E-state index contributed by atoms with van der Waals surface area (Å²) >= 11 is 0. The topological polar surface area (TPSA) is 79.5 Å². The third kappa shape index (κ3) is 4.24. The molecule has 1 rings (SSSR count). The number of aliphatic carboxylic acids is 1. The lowest BCUT2D eigenvalue weighted by molar-refractivity contribution is -0.138. The highest BCUT2D eigenvalue weighted by Crippen LogP contribution is 2.10. The summed E-state index contributed by atoms with van der Waals surface area (Å²) in [5, 5.41) is 11.4. The second-order valence-electron chi connectivity index (χ2n) is 4.20. The molecule has 1 unspecified atom stereocenters. The fourth-order valence-electron chi connectivity index (χ4n) is 1.62. The summed E-state index contributed by atoms with van der Waals surface area (Å²) in [5.41, 5.74) is 0. The average molecular weight is 253 g/mol. The van der Waals surface area contributed by atoms with Gasteiger partial charge in [-0.25, -0.2) is 0 Å². The molecule has 0 saturated heterocycles. The van der Waals surface area contributed by atoms with E-state index in [1.165, 1.54) is 0 Å². The zero-order valence-electron chi connectivity index (χ0n) is 10.7. The minimum atomic E-state index is -0.845. The fraction of sp³-hybridized carbons (Fsp3) is 0.538. The monoisotopic (exact) mass is 253 g/mol. The molecule has 1 aromatic rings. The van der Waals surface area contributed by atoms with Gasteiger partial charge in [-0.2, -0.15) is 0 Å². The minimum absolute atomic E-state index is 0.0490. The number of carbonyl (C=O) groups excluding carboxylic acids is 1. The van der Waals surface area contributed by atoms with Crippen LogP contribution in [0.5, 0.6) is 0 Å². The largest absolute Gasteiger partial charge is 0.481 e. The van der Waals surface area contributed by atoms with Crippen molar-refractivity contribution in [3.05, 3.63) is 23.7 Å². The third-order valence-electron chi connectivity index (χ3n) is 2.83. The molecule has 0 aliphatic carbocycles. The fourth-order valence-corrected chi connectivity index (χ4v) is 1.62. The lowest BCUT2D eigenvalue weighted by Gasteiger charge is -2.12. The molecule has 1 heterocycles. The predicted octanol–water partition coefficient (Wildman–Crippen LogP) is 2.07. The molecule has 1 amide bonds. The van der Waals surface area contributed by atoms with E-state index in [9.17, 15) is 9.59 Å². The van der Waals surface area contributed by atoms with Crippen molar-refractivity contribution in [2.24, 2.45) is 5.92 Å². The predicted molar refractivity (Wildman–Crippen MR) is 66.5 cm³/mol. The van der Waals surface area contributed by atoms with Crippen molar-refractivity contribution in [2.75, 3.05) is 6.54 Å². The maximum atomic E-state index is 11.7. The van der Waals surface area contributed by atoms with Gasteiger partial charge in [0.2, 0.25) is 0 Å². The molecule has 0 aromatic carbocycles. The molecule has 0 aliphatic heterocycles. The lowest BCUT2D eigenvalue weighted by atomic mass is 10.0.